The lowest BCUT2D eigenvalue weighted by Gasteiger charge is -2.06. The molecule has 3 aromatic heterocycles. The number of hydrogen-bond donors (Lipinski definition) is 1. The molecular weight excluding hydrogens is 360 g/mol. The van der Waals surface area contributed by atoms with E-state index in [9.17, 15) is 4.79 Å². The van der Waals surface area contributed by atoms with E-state index in [-0.39, 0.29) is 12.5 Å². The van der Waals surface area contributed by atoms with Crippen molar-refractivity contribution in [2.45, 2.75) is 26.8 Å². The largest absolute Gasteiger partial charge is 0.354 e. The summed E-state index contributed by atoms with van der Waals surface area (Å²) in [6, 6.07) is 9.81. The average Bonchev–Trinajstić information content (AvgIpc) is 3.35. The summed E-state index contributed by atoms with van der Waals surface area (Å²) < 4.78 is 3.71. The molecule has 4 aromatic rings. The summed E-state index contributed by atoms with van der Waals surface area (Å²) in [7, 11) is 0. The summed E-state index contributed by atoms with van der Waals surface area (Å²) in [6.07, 6.45) is 2.39. The van der Waals surface area contributed by atoms with Crippen molar-refractivity contribution in [2.24, 2.45) is 0 Å². The SMILES string of the molecule is Cc1cc(C)n(-c2nc(CCNC(=O)Cn3cnc4ccccc43)cs2)n1. The van der Waals surface area contributed by atoms with E-state index in [4.69, 9.17) is 0 Å². The molecule has 0 saturated carbocycles. The number of carbonyl (C=O) groups excluding carboxylic acids is 1. The van der Waals surface area contributed by atoms with Crippen molar-refractivity contribution in [2.75, 3.05) is 6.54 Å². The second kappa shape index (κ2) is 7.32. The van der Waals surface area contributed by atoms with Crippen molar-refractivity contribution in [3.63, 3.8) is 0 Å². The number of para-hydroxylation sites is 2. The topological polar surface area (TPSA) is 77.6 Å². The average molecular weight is 380 g/mol. The molecule has 4 rings (SSSR count). The minimum atomic E-state index is -0.0350. The summed E-state index contributed by atoms with van der Waals surface area (Å²) >= 11 is 1.56. The highest BCUT2D eigenvalue weighted by Gasteiger charge is 2.10. The number of aromatic nitrogens is 5. The highest BCUT2D eigenvalue weighted by molar-refractivity contribution is 7.12. The fraction of sp³-hybridized carbons (Fsp3) is 0.263. The number of nitrogens with zero attached hydrogens (tertiary/aromatic N) is 5. The summed E-state index contributed by atoms with van der Waals surface area (Å²) in [5.74, 6) is -0.0350. The van der Waals surface area contributed by atoms with Crippen LogP contribution in [0.1, 0.15) is 17.1 Å². The maximum Gasteiger partial charge on any atom is 0.240 e. The van der Waals surface area contributed by atoms with Crippen molar-refractivity contribution in [3.05, 3.63) is 59.1 Å². The Hall–Kier alpha value is -3.00. The van der Waals surface area contributed by atoms with Crippen LogP contribution in [-0.2, 0) is 17.8 Å². The number of thiazole rings is 1. The van der Waals surface area contributed by atoms with Crippen molar-refractivity contribution in [1.82, 2.24) is 29.6 Å². The number of hydrogen-bond acceptors (Lipinski definition) is 5. The maximum absolute atomic E-state index is 12.2. The third kappa shape index (κ3) is 3.75. The molecule has 0 fully saturated rings. The molecule has 0 unspecified atom stereocenters. The molecule has 1 aromatic carbocycles. The lowest BCUT2D eigenvalue weighted by Crippen LogP contribution is -2.29. The van der Waals surface area contributed by atoms with E-state index in [1.807, 2.05) is 58.8 Å². The van der Waals surface area contributed by atoms with E-state index < -0.39 is 0 Å². The van der Waals surface area contributed by atoms with E-state index in [2.05, 4.69) is 20.4 Å². The summed E-state index contributed by atoms with van der Waals surface area (Å²) in [4.78, 5) is 21.2. The molecule has 0 bridgehead atoms. The molecule has 7 nitrogen and oxygen atoms in total. The number of rotatable bonds is 6. The molecule has 0 aliphatic heterocycles. The monoisotopic (exact) mass is 380 g/mol. The van der Waals surface area contributed by atoms with E-state index in [1.54, 1.807) is 17.7 Å². The molecule has 0 saturated heterocycles. The van der Waals surface area contributed by atoms with Crippen LogP contribution in [0.3, 0.4) is 0 Å². The first-order valence-corrected chi connectivity index (χ1v) is 9.63. The van der Waals surface area contributed by atoms with Gasteiger partial charge < -0.3 is 9.88 Å². The van der Waals surface area contributed by atoms with Gasteiger partial charge in [0.15, 0.2) is 0 Å². The van der Waals surface area contributed by atoms with Crippen LogP contribution in [0.5, 0.6) is 0 Å². The van der Waals surface area contributed by atoms with Crippen LogP contribution < -0.4 is 5.32 Å². The smallest absolute Gasteiger partial charge is 0.240 e. The molecule has 0 radical (unpaired) electrons. The Morgan fingerprint density at radius 1 is 1.26 bits per heavy atom. The molecule has 1 amide bonds. The second-order valence-electron chi connectivity index (χ2n) is 6.42. The van der Waals surface area contributed by atoms with Gasteiger partial charge in [0.25, 0.3) is 0 Å². The summed E-state index contributed by atoms with van der Waals surface area (Å²) in [5, 5.41) is 10.3. The molecule has 8 heteroatoms. The minimum absolute atomic E-state index is 0.0350. The second-order valence-corrected chi connectivity index (χ2v) is 7.26. The fourth-order valence-corrected chi connectivity index (χ4v) is 3.87. The van der Waals surface area contributed by atoms with E-state index in [1.165, 1.54) is 0 Å². The van der Waals surface area contributed by atoms with Gasteiger partial charge in [0.2, 0.25) is 11.0 Å². The number of imidazole rings is 1. The predicted molar refractivity (Wildman–Crippen MR) is 105 cm³/mol. The van der Waals surface area contributed by atoms with Gasteiger partial charge >= 0.3 is 0 Å². The summed E-state index contributed by atoms with van der Waals surface area (Å²) in [5.41, 5.74) is 4.85. The number of aryl methyl sites for hydroxylation is 2. The van der Waals surface area contributed by atoms with Gasteiger partial charge in [-0.2, -0.15) is 5.10 Å². The van der Waals surface area contributed by atoms with Crippen molar-refractivity contribution < 1.29 is 4.79 Å². The standard InChI is InChI=1S/C19H20N6OS/c1-13-9-14(2)25(23-13)19-22-15(11-27-19)7-8-20-18(26)10-24-12-21-16-5-3-4-6-17(16)24/h3-6,9,11-12H,7-8,10H2,1-2H3,(H,20,26). The summed E-state index contributed by atoms with van der Waals surface area (Å²) in [6.45, 7) is 4.79. The Bertz CT molecular complexity index is 1090. The molecule has 0 spiro atoms. The number of benzene rings is 1. The van der Waals surface area contributed by atoms with Crippen LogP contribution in [-0.4, -0.2) is 36.8 Å². The molecule has 0 aliphatic rings. The van der Waals surface area contributed by atoms with Crippen LogP contribution in [0.25, 0.3) is 16.2 Å². The van der Waals surface area contributed by atoms with Crippen molar-refractivity contribution in [1.29, 1.82) is 0 Å². The van der Waals surface area contributed by atoms with E-state index in [0.29, 0.717) is 13.0 Å². The van der Waals surface area contributed by atoms with Gasteiger partial charge in [-0.25, -0.2) is 14.6 Å². The molecule has 0 aliphatic carbocycles. The number of amides is 1. The van der Waals surface area contributed by atoms with E-state index in [0.717, 1.165) is 33.2 Å². The third-order valence-electron chi connectivity index (χ3n) is 4.28. The van der Waals surface area contributed by atoms with Gasteiger partial charge in [-0.05, 0) is 32.0 Å². The molecule has 0 atom stereocenters. The molecule has 138 valence electrons. The molecular formula is C19H20N6OS. The maximum atomic E-state index is 12.2. The van der Waals surface area contributed by atoms with Crippen LogP contribution >= 0.6 is 11.3 Å². The van der Waals surface area contributed by atoms with Gasteiger partial charge in [-0.3, -0.25) is 4.79 Å². The lowest BCUT2D eigenvalue weighted by molar-refractivity contribution is -0.121. The quantitative estimate of drug-likeness (QED) is 0.558. The van der Waals surface area contributed by atoms with Crippen LogP contribution in [0.15, 0.2) is 42.0 Å². The molecule has 27 heavy (non-hydrogen) atoms. The first kappa shape index (κ1) is 17.4. The highest BCUT2D eigenvalue weighted by atomic mass is 32.1. The zero-order chi connectivity index (χ0) is 18.8. The number of nitrogens with one attached hydrogen (secondary N) is 1. The third-order valence-corrected chi connectivity index (χ3v) is 5.14. The van der Waals surface area contributed by atoms with Crippen molar-refractivity contribution >= 4 is 28.3 Å². The minimum Gasteiger partial charge on any atom is -0.354 e. The zero-order valence-corrected chi connectivity index (χ0v) is 16.0. The molecule has 1 N–H and O–H groups in total. The lowest BCUT2D eigenvalue weighted by atomic mass is 10.3. The Morgan fingerprint density at radius 2 is 2.11 bits per heavy atom. The fourth-order valence-electron chi connectivity index (χ4n) is 3.01. The van der Waals surface area contributed by atoms with Gasteiger partial charge in [0.05, 0.1) is 28.7 Å². The van der Waals surface area contributed by atoms with Gasteiger partial charge in [-0.15, -0.1) is 11.3 Å². The molecule has 3 heterocycles. The zero-order valence-electron chi connectivity index (χ0n) is 15.2. The first-order valence-electron chi connectivity index (χ1n) is 8.75. The predicted octanol–water partition coefficient (Wildman–Crippen LogP) is 2.65. The first-order chi connectivity index (χ1) is 13.1. The van der Waals surface area contributed by atoms with Gasteiger partial charge in [0, 0.05) is 24.0 Å². The van der Waals surface area contributed by atoms with Crippen LogP contribution in [0.2, 0.25) is 0 Å². The van der Waals surface area contributed by atoms with Crippen molar-refractivity contribution in [3.8, 4) is 5.13 Å². The van der Waals surface area contributed by atoms with Gasteiger partial charge in [0.1, 0.15) is 6.54 Å². The number of carbonyl (C=O) groups is 1. The Labute approximate surface area is 160 Å². The van der Waals surface area contributed by atoms with Crippen LogP contribution in [0, 0.1) is 13.8 Å². The van der Waals surface area contributed by atoms with Gasteiger partial charge in [-0.1, -0.05) is 12.1 Å². The Morgan fingerprint density at radius 3 is 2.93 bits per heavy atom. The Balaban J connectivity index is 1.32. The van der Waals surface area contributed by atoms with E-state index >= 15 is 0 Å². The number of fused-ring (bicyclic) bond motifs is 1. The van der Waals surface area contributed by atoms with Crippen LogP contribution in [0.4, 0.5) is 0 Å². The highest BCUT2D eigenvalue weighted by Crippen LogP contribution is 2.17. The Kier molecular flexibility index (Phi) is 4.72. The normalized spacial score (nSPS) is 11.2.